The van der Waals surface area contributed by atoms with E-state index in [9.17, 15) is 13.2 Å². The Labute approximate surface area is 99.5 Å². The maximum atomic E-state index is 11.1. The predicted octanol–water partition coefficient (Wildman–Crippen LogP) is 0.527. The standard InChI is InChI=1S/C10H14N2O4S/c1-6-3-4-8(17(11,15)16)5-9(6)12-7(2)10(13)14/h3-5,7,12H,1-2H3,(H,13,14)(H2,11,15,16). The molecule has 1 aromatic carbocycles. The second-order valence-electron chi connectivity index (χ2n) is 3.73. The fraction of sp³-hybridized carbons (Fsp3) is 0.300. The van der Waals surface area contributed by atoms with Crippen molar-refractivity contribution in [3.05, 3.63) is 23.8 Å². The van der Waals surface area contributed by atoms with Gasteiger partial charge in [0.2, 0.25) is 10.0 Å². The van der Waals surface area contributed by atoms with Gasteiger partial charge in [-0.2, -0.15) is 0 Å². The van der Waals surface area contributed by atoms with Crippen LogP contribution in [0, 0.1) is 6.92 Å². The largest absolute Gasteiger partial charge is 0.480 e. The summed E-state index contributed by atoms with van der Waals surface area (Å²) < 4.78 is 22.3. The van der Waals surface area contributed by atoms with Crippen molar-refractivity contribution >= 4 is 21.7 Å². The maximum Gasteiger partial charge on any atom is 0.325 e. The Morgan fingerprint density at radius 2 is 2.06 bits per heavy atom. The number of anilines is 1. The Balaban J connectivity index is 3.12. The fourth-order valence-electron chi connectivity index (χ4n) is 1.23. The van der Waals surface area contributed by atoms with Gasteiger partial charge in [0.05, 0.1) is 4.90 Å². The third-order valence-electron chi connectivity index (χ3n) is 2.28. The minimum absolute atomic E-state index is 0.0526. The van der Waals surface area contributed by atoms with Crippen molar-refractivity contribution in [3.8, 4) is 0 Å². The molecule has 0 aromatic heterocycles. The number of primary sulfonamides is 1. The van der Waals surface area contributed by atoms with Crippen LogP contribution in [0.5, 0.6) is 0 Å². The van der Waals surface area contributed by atoms with Gasteiger partial charge >= 0.3 is 5.97 Å². The minimum atomic E-state index is -3.79. The summed E-state index contributed by atoms with van der Waals surface area (Å²) in [6, 6.07) is 3.45. The van der Waals surface area contributed by atoms with E-state index in [1.165, 1.54) is 19.1 Å². The Hall–Kier alpha value is -1.60. The van der Waals surface area contributed by atoms with Gasteiger partial charge in [-0.3, -0.25) is 4.79 Å². The van der Waals surface area contributed by atoms with E-state index in [0.29, 0.717) is 5.69 Å². The number of benzene rings is 1. The number of nitrogens with one attached hydrogen (secondary N) is 1. The van der Waals surface area contributed by atoms with Crippen molar-refractivity contribution in [2.45, 2.75) is 24.8 Å². The van der Waals surface area contributed by atoms with Crippen LogP contribution in [0.2, 0.25) is 0 Å². The number of hydrogen-bond donors (Lipinski definition) is 3. The normalized spacial score (nSPS) is 13.1. The molecule has 0 bridgehead atoms. The van der Waals surface area contributed by atoms with Crippen LogP contribution < -0.4 is 10.5 Å². The lowest BCUT2D eigenvalue weighted by Gasteiger charge is -2.14. The molecule has 0 saturated carbocycles. The number of nitrogens with two attached hydrogens (primary N) is 1. The quantitative estimate of drug-likeness (QED) is 0.729. The Kier molecular flexibility index (Phi) is 3.74. The lowest BCUT2D eigenvalue weighted by atomic mass is 10.2. The Morgan fingerprint density at radius 3 is 2.53 bits per heavy atom. The molecular formula is C10H14N2O4S. The summed E-state index contributed by atoms with van der Waals surface area (Å²) in [4.78, 5) is 10.6. The molecule has 1 atom stereocenters. The molecule has 94 valence electrons. The number of rotatable bonds is 4. The van der Waals surface area contributed by atoms with Gasteiger partial charge in [-0.1, -0.05) is 6.07 Å². The van der Waals surface area contributed by atoms with Gasteiger partial charge in [0.25, 0.3) is 0 Å². The molecule has 4 N–H and O–H groups in total. The molecule has 0 radical (unpaired) electrons. The average molecular weight is 258 g/mol. The summed E-state index contributed by atoms with van der Waals surface area (Å²) in [5, 5.41) is 16.5. The van der Waals surface area contributed by atoms with E-state index in [-0.39, 0.29) is 4.90 Å². The van der Waals surface area contributed by atoms with E-state index >= 15 is 0 Å². The first-order valence-corrected chi connectivity index (χ1v) is 6.39. The predicted molar refractivity (Wildman–Crippen MR) is 63.3 cm³/mol. The zero-order chi connectivity index (χ0) is 13.2. The second kappa shape index (κ2) is 4.72. The summed E-state index contributed by atoms with van der Waals surface area (Å²) in [5.41, 5.74) is 1.18. The fourth-order valence-corrected chi connectivity index (χ4v) is 1.77. The van der Waals surface area contributed by atoms with Crippen LogP contribution in [-0.4, -0.2) is 25.5 Å². The summed E-state index contributed by atoms with van der Waals surface area (Å²) in [7, 11) is -3.79. The number of carboxylic acid groups (broad SMARTS) is 1. The van der Waals surface area contributed by atoms with Crippen molar-refractivity contribution in [1.82, 2.24) is 0 Å². The molecule has 0 amide bonds. The molecule has 1 rings (SSSR count). The van der Waals surface area contributed by atoms with E-state index in [1.54, 1.807) is 13.0 Å². The summed E-state index contributed by atoms with van der Waals surface area (Å²) in [5.74, 6) is -1.02. The van der Waals surface area contributed by atoms with Crippen LogP contribution >= 0.6 is 0 Å². The monoisotopic (exact) mass is 258 g/mol. The Morgan fingerprint density at radius 1 is 1.47 bits per heavy atom. The van der Waals surface area contributed by atoms with E-state index in [2.05, 4.69) is 5.32 Å². The van der Waals surface area contributed by atoms with E-state index in [0.717, 1.165) is 5.56 Å². The highest BCUT2D eigenvalue weighted by Gasteiger charge is 2.14. The Bertz CT molecular complexity index is 539. The molecule has 0 aliphatic heterocycles. The maximum absolute atomic E-state index is 11.1. The third-order valence-corrected chi connectivity index (χ3v) is 3.19. The molecule has 7 heteroatoms. The van der Waals surface area contributed by atoms with Crippen molar-refractivity contribution in [2.24, 2.45) is 5.14 Å². The second-order valence-corrected chi connectivity index (χ2v) is 5.29. The van der Waals surface area contributed by atoms with Crippen molar-refractivity contribution in [1.29, 1.82) is 0 Å². The molecule has 0 aliphatic carbocycles. The number of aliphatic carboxylic acids is 1. The zero-order valence-corrected chi connectivity index (χ0v) is 10.3. The lowest BCUT2D eigenvalue weighted by molar-refractivity contribution is -0.137. The van der Waals surface area contributed by atoms with Gasteiger partial charge in [-0.05, 0) is 31.5 Å². The van der Waals surface area contributed by atoms with Gasteiger partial charge in [-0.15, -0.1) is 0 Å². The van der Waals surface area contributed by atoms with E-state index in [1.807, 2.05) is 0 Å². The summed E-state index contributed by atoms with van der Waals surface area (Å²) >= 11 is 0. The molecule has 6 nitrogen and oxygen atoms in total. The van der Waals surface area contributed by atoms with Crippen LogP contribution in [0.4, 0.5) is 5.69 Å². The number of carbonyl (C=O) groups is 1. The summed E-state index contributed by atoms with van der Waals surface area (Å²) in [6.07, 6.45) is 0. The topological polar surface area (TPSA) is 109 Å². The first kappa shape index (κ1) is 13.5. The van der Waals surface area contributed by atoms with Gasteiger partial charge in [-0.25, -0.2) is 13.6 Å². The highest BCUT2D eigenvalue weighted by molar-refractivity contribution is 7.89. The smallest absolute Gasteiger partial charge is 0.325 e. The molecule has 0 heterocycles. The SMILES string of the molecule is Cc1ccc(S(N)(=O)=O)cc1NC(C)C(=O)O. The van der Waals surface area contributed by atoms with Crippen LogP contribution in [0.1, 0.15) is 12.5 Å². The van der Waals surface area contributed by atoms with Crippen LogP contribution in [0.3, 0.4) is 0 Å². The number of hydrogen-bond acceptors (Lipinski definition) is 4. The number of sulfonamides is 1. The van der Waals surface area contributed by atoms with Gasteiger partial charge in [0.1, 0.15) is 6.04 Å². The molecule has 0 spiro atoms. The average Bonchev–Trinajstić information content (AvgIpc) is 2.19. The number of aryl methyl sites for hydroxylation is 1. The molecule has 1 unspecified atom stereocenters. The molecule has 1 aromatic rings. The first-order chi connectivity index (χ1) is 7.71. The van der Waals surface area contributed by atoms with Crippen LogP contribution in [-0.2, 0) is 14.8 Å². The minimum Gasteiger partial charge on any atom is -0.480 e. The van der Waals surface area contributed by atoms with Crippen molar-refractivity contribution in [2.75, 3.05) is 5.32 Å². The van der Waals surface area contributed by atoms with Crippen molar-refractivity contribution in [3.63, 3.8) is 0 Å². The molecule has 0 aliphatic rings. The molecule has 0 fully saturated rings. The van der Waals surface area contributed by atoms with Gasteiger partial charge in [0.15, 0.2) is 0 Å². The highest BCUT2D eigenvalue weighted by Crippen LogP contribution is 2.20. The third kappa shape index (κ3) is 3.43. The van der Waals surface area contributed by atoms with Crippen LogP contribution in [0.25, 0.3) is 0 Å². The van der Waals surface area contributed by atoms with E-state index < -0.39 is 22.0 Å². The zero-order valence-electron chi connectivity index (χ0n) is 9.47. The van der Waals surface area contributed by atoms with Gasteiger partial charge in [0, 0.05) is 5.69 Å². The van der Waals surface area contributed by atoms with Crippen LogP contribution in [0.15, 0.2) is 23.1 Å². The highest BCUT2D eigenvalue weighted by atomic mass is 32.2. The molecular weight excluding hydrogens is 244 g/mol. The first-order valence-electron chi connectivity index (χ1n) is 4.84. The number of carboxylic acids is 1. The van der Waals surface area contributed by atoms with Crippen molar-refractivity contribution < 1.29 is 18.3 Å². The molecule has 17 heavy (non-hydrogen) atoms. The summed E-state index contributed by atoms with van der Waals surface area (Å²) in [6.45, 7) is 3.20. The molecule has 0 saturated heterocycles. The van der Waals surface area contributed by atoms with E-state index in [4.69, 9.17) is 10.2 Å². The lowest BCUT2D eigenvalue weighted by Crippen LogP contribution is -2.26. The van der Waals surface area contributed by atoms with Gasteiger partial charge < -0.3 is 10.4 Å².